The summed E-state index contributed by atoms with van der Waals surface area (Å²) in [7, 11) is 1.26. The average Bonchev–Trinajstić information content (AvgIpc) is 2.17. The Bertz CT molecular complexity index is 217. The summed E-state index contributed by atoms with van der Waals surface area (Å²) in [5.74, 6) is -1.72. The van der Waals surface area contributed by atoms with E-state index in [4.69, 9.17) is 5.11 Å². The molecule has 5 heteroatoms. The van der Waals surface area contributed by atoms with E-state index in [9.17, 15) is 9.59 Å². The number of methoxy groups -OCH3 is 1. The summed E-state index contributed by atoms with van der Waals surface area (Å²) in [5.41, 5.74) is 0. The van der Waals surface area contributed by atoms with Gasteiger partial charge in [-0.1, -0.05) is 6.58 Å². The van der Waals surface area contributed by atoms with Gasteiger partial charge in [-0.2, -0.15) is 0 Å². The zero-order valence-electron chi connectivity index (χ0n) is 8.28. The number of aliphatic carboxylic acids is 1. The Hall–Kier alpha value is -1.78. The van der Waals surface area contributed by atoms with E-state index < -0.39 is 5.97 Å². The van der Waals surface area contributed by atoms with E-state index in [-0.39, 0.29) is 11.7 Å². The highest BCUT2D eigenvalue weighted by molar-refractivity contribution is 5.83. The molecule has 0 rings (SSSR count). The van der Waals surface area contributed by atoms with Gasteiger partial charge in [-0.3, -0.25) is 0 Å². The van der Waals surface area contributed by atoms with Crippen molar-refractivity contribution >= 4 is 11.9 Å². The third-order valence-electron chi connectivity index (χ3n) is 0.938. The summed E-state index contributed by atoms with van der Waals surface area (Å²) in [6, 6.07) is 0. The van der Waals surface area contributed by atoms with E-state index >= 15 is 0 Å². The van der Waals surface area contributed by atoms with Crippen LogP contribution in [0.1, 0.15) is 6.92 Å². The molecule has 0 bridgehead atoms. The van der Waals surface area contributed by atoms with Crippen LogP contribution in [0.2, 0.25) is 0 Å². The van der Waals surface area contributed by atoms with Gasteiger partial charge in [0.2, 0.25) is 0 Å². The fourth-order valence-corrected chi connectivity index (χ4v) is 0.288. The van der Waals surface area contributed by atoms with Crippen LogP contribution >= 0.6 is 0 Å². The van der Waals surface area contributed by atoms with Gasteiger partial charge < -0.3 is 14.6 Å². The fraction of sp³-hybridized carbons (Fsp3) is 0.333. The lowest BCUT2D eigenvalue weighted by Crippen LogP contribution is -1.99. The second-order valence-corrected chi connectivity index (χ2v) is 1.89. The maximum Gasteiger partial charge on any atom is 0.370 e. The van der Waals surface area contributed by atoms with Crippen molar-refractivity contribution in [1.82, 2.24) is 0 Å². The minimum absolute atomic E-state index is 0.236. The summed E-state index contributed by atoms with van der Waals surface area (Å²) in [6.45, 7) is 8.43. The lowest BCUT2D eigenvalue weighted by Gasteiger charge is -1.92. The van der Waals surface area contributed by atoms with Gasteiger partial charge in [0.25, 0.3) is 0 Å². The van der Waals surface area contributed by atoms with Crippen molar-refractivity contribution < 1.29 is 24.2 Å². The van der Waals surface area contributed by atoms with E-state index in [0.29, 0.717) is 6.61 Å². The Morgan fingerprint density at radius 1 is 1.50 bits per heavy atom. The molecule has 0 aromatic rings. The molecular formula is C9H14O5. The Balaban J connectivity index is 0. The van der Waals surface area contributed by atoms with Crippen LogP contribution in [0.5, 0.6) is 0 Å². The Labute approximate surface area is 82.6 Å². The highest BCUT2D eigenvalue weighted by Gasteiger charge is 1.98. The second-order valence-electron chi connectivity index (χ2n) is 1.89. The van der Waals surface area contributed by atoms with Crippen LogP contribution in [-0.2, 0) is 19.1 Å². The topological polar surface area (TPSA) is 72.8 Å². The second kappa shape index (κ2) is 9.31. The highest BCUT2D eigenvalue weighted by atomic mass is 16.5. The molecule has 0 saturated heterocycles. The normalized spacial score (nSPS) is 7.57. The molecule has 0 spiro atoms. The summed E-state index contributed by atoms with van der Waals surface area (Å²) in [6.07, 6.45) is 1.14. The molecule has 0 radical (unpaired) electrons. The molecule has 0 atom stereocenters. The van der Waals surface area contributed by atoms with Crippen LogP contribution in [0.4, 0.5) is 0 Å². The zero-order chi connectivity index (χ0) is 11.6. The summed E-state index contributed by atoms with van der Waals surface area (Å²) < 4.78 is 8.65. The monoisotopic (exact) mass is 202 g/mol. The first-order valence-electron chi connectivity index (χ1n) is 3.74. The molecule has 0 aliphatic rings. The largest absolute Gasteiger partial charge is 0.490 e. The van der Waals surface area contributed by atoms with Gasteiger partial charge in [0.15, 0.2) is 5.76 Å². The molecule has 0 aromatic heterocycles. The molecule has 0 amide bonds. The van der Waals surface area contributed by atoms with Gasteiger partial charge in [0, 0.05) is 6.08 Å². The van der Waals surface area contributed by atoms with E-state index in [1.165, 1.54) is 7.11 Å². The number of hydrogen-bond acceptors (Lipinski definition) is 4. The first-order valence-corrected chi connectivity index (χ1v) is 3.74. The minimum atomic E-state index is -1.12. The summed E-state index contributed by atoms with van der Waals surface area (Å²) in [4.78, 5) is 19.8. The van der Waals surface area contributed by atoms with E-state index in [2.05, 4.69) is 22.6 Å². The van der Waals surface area contributed by atoms with Crippen LogP contribution in [-0.4, -0.2) is 30.8 Å². The number of carboxylic acid groups (broad SMARTS) is 1. The third kappa shape index (κ3) is 10.2. The smallest absolute Gasteiger partial charge is 0.370 e. The Morgan fingerprint density at radius 3 is 2.07 bits per heavy atom. The molecule has 0 saturated carbocycles. The van der Waals surface area contributed by atoms with Gasteiger partial charge in [-0.05, 0) is 13.5 Å². The SMILES string of the molecule is C=C(OC)C(=O)O.C=CC(=O)OCC. The fourth-order valence-electron chi connectivity index (χ4n) is 0.288. The number of carbonyl (C=O) groups is 2. The molecule has 0 fully saturated rings. The molecule has 0 aliphatic heterocycles. The first-order chi connectivity index (χ1) is 6.49. The summed E-state index contributed by atoms with van der Waals surface area (Å²) in [5, 5.41) is 7.96. The predicted octanol–water partition coefficient (Wildman–Crippen LogP) is 0.967. The van der Waals surface area contributed by atoms with E-state index in [1.807, 2.05) is 0 Å². The molecule has 0 heterocycles. The van der Waals surface area contributed by atoms with Gasteiger partial charge in [0.1, 0.15) is 0 Å². The highest BCUT2D eigenvalue weighted by Crippen LogP contribution is 1.86. The van der Waals surface area contributed by atoms with Gasteiger partial charge >= 0.3 is 11.9 Å². The number of ether oxygens (including phenoxy) is 2. The molecule has 0 aliphatic carbocycles. The molecule has 5 nitrogen and oxygen atoms in total. The van der Waals surface area contributed by atoms with Gasteiger partial charge in [0.05, 0.1) is 13.7 Å². The summed E-state index contributed by atoms with van der Waals surface area (Å²) >= 11 is 0. The van der Waals surface area contributed by atoms with Crippen molar-refractivity contribution in [3.8, 4) is 0 Å². The van der Waals surface area contributed by atoms with E-state index in [1.54, 1.807) is 6.92 Å². The Kier molecular flexibility index (Phi) is 9.79. The van der Waals surface area contributed by atoms with Gasteiger partial charge in [-0.25, -0.2) is 9.59 Å². The van der Waals surface area contributed by atoms with Crippen LogP contribution in [0.15, 0.2) is 25.0 Å². The number of carboxylic acids is 1. The maximum absolute atomic E-state index is 10.1. The van der Waals surface area contributed by atoms with E-state index in [0.717, 1.165) is 6.08 Å². The van der Waals surface area contributed by atoms with Crippen molar-refractivity contribution in [2.75, 3.05) is 13.7 Å². The maximum atomic E-state index is 10.1. The molecule has 0 aromatic carbocycles. The molecule has 0 unspecified atom stereocenters. The first kappa shape index (κ1) is 14.7. The van der Waals surface area contributed by atoms with Crippen molar-refractivity contribution in [2.24, 2.45) is 0 Å². The molecule has 14 heavy (non-hydrogen) atoms. The molecule has 80 valence electrons. The van der Waals surface area contributed by atoms with Crippen LogP contribution in [0.25, 0.3) is 0 Å². The average molecular weight is 202 g/mol. The van der Waals surface area contributed by atoms with Crippen molar-refractivity contribution in [2.45, 2.75) is 6.92 Å². The minimum Gasteiger partial charge on any atom is -0.490 e. The standard InChI is InChI=1S/C5H8O2.C4H6O3/c1-3-5(6)7-4-2;1-3(7-2)4(5)6/h3H,1,4H2,2H3;1H2,2H3,(H,5,6). The number of carbonyl (C=O) groups excluding carboxylic acids is 1. The Morgan fingerprint density at radius 2 is 2.00 bits per heavy atom. The van der Waals surface area contributed by atoms with Crippen LogP contribution < -0.4 is 0 Å². The van der Waals surface area contributed by atoms with Crippen molar-refractivity contribution in [3.63, 3.8) is 0 Å². The molecular weight excluding hydrogens is 188 g/mol. The number of esters is 1. The van der Waals surface area contributed by atoms with Crippen LogP contribution in [0.3, 0.4) is 0 Å². The lowest BCUT2D eigenvalue weighted by molar-refractivity contribution is -0.137. The van der Waals surface area contributed by atoms with Crippen molar-refractivity contribution in [1.29, 1.82) is 0 Å². The third-order valence-corrected chi connectivity index (χ3v) is 0.938. The predicted molar refractivity (Wildman–Crippen MR) is 50.6 cm³/mol. The quantitative estimate of drug-likeness (QED) is 0.417. The number of hydrogen-bond donors (Lipinski definition) is 1. The van der Waals surface area contributed by atoms with Crippen molar-refractivity contribution in [3.05, 3.63) is 25.0 Å². The number of rotatable bonds is 4. The molecule has 1 N–H and O–H groups in total. The lowest BCUT2D eigenvalue weighted by atomic mass is 10.6. The van der Waals surface area contributed by atoms with Crippen LogP contribution in [0, 0.1) is 0 Å². The van der Waals surface area contributed by atoms with Gasteiger partial charge in [-0.15, -0.1) is 0 Å². The zero-order valence-corrected chi connectivity index (χ0v) is 8.28.